The van der Waals surface area contributed by atoms with E-state index < -0.39 is 32.3 Å². The molecule has 4 heterocycles. The van der Waals surface area contributed by atoms with E-state index in [1.807, 2.05) is 29.8 Å². The average Bonchev–Trinajstić information content (AvgIpc) is 4.10. The van der Waals surface area contributed by atoms with Gasteiger partial charge in [0.1, 0.15) is 23.7 Å². The maximum atomic E-state index is 14.3. The molecule has 0 bridgehead atoms. The predicted octanol–water partition coefficient (Wildman–Crippen LogP) is 7.86. The van der Waals surface area contributed by atoms with Crippen molar-refractivity contribution in [3.05, 3.63) is 72.4 Å². The monoisotopic (exact) mass is 832 g/mol. The number of H-pyrrole nitrogens is 2. The van der Waals surface area contributed by atoms with Crippen LogP contribution in [0.25, 0.3) is 44.2 Å². The number of nitrogens with zero attached hydrogens (tertiary/aromatic N) is 4. The fraction of sp³-hybridized carbons (Fsp3) is 0.467. The summed E-state index contributed by atoms with van der Waals surface area (Å²) in [5, 5.41) is 7.70. The molecule has 1 aliphatic carbocycles. The number of alkyl carbamates (subject to hydrolysis) is 2. The number of nitrogens with one attached hydrogen (secondary N) is 4. The van der Waals surface area contributed by atoms with Crippen molar-refractivity contribution in [2.24, 2.45) is 11.8 Å². The average molecular weight is 833 g/mol. The summed E-state index contributed by atoms with van der Waals surface area (Å²) in [6, 6.07) is 18.1. The lowest BCUT2D eigenvalue weighted by Crippen LogP contribution is -2.52. The van der Waals surface area contributed by atoms with Crippen molar-refractivity contribution in [2.75, 3.05) is 26.9 Å². The van der Waals surface area contributed by atoms with Gasteiger partial charge in [-0.3, -0.25) is 9.59 Å². The highest BCUT2D eigenvalue weighted by Crippen LogP contribution is 2.41. The molecule has 8 rings (SSSR count). The fourth-order valence-electron chi connectivity index (χ4n) is 9.63. The number of aromatic amines is 2. The van der Waals surface area contributed by atoms with Crippen LogP contribution >= 0.6 is 0 Å². The summed E-state index contributed by atoms with van der Waals surface area (Å²) in [4.78, 5) is 73.1. The quantitative estimate of drug-likeness (QED) is 0.103. The first-order chi connectivity index (χ1) is 28.8. The van der Waals surface area contributed by atoms with Gasteiger partial charge in [-0.1, -0.05) is 82.2 Å². The third-order valence-corrected chi connectivity index (χ3v) is 15.5. The Bertz CT molecular complexity index is 2400. The number of rotatable bonds is 10. The molecule has 2 aromatic heterocycles. The maximum absolute atomic E-state index is 14.3. The van der Waals surface area contributed by atoms with E-state index in [2.05, 4.69) is 88.3 Å². The zero-order valence-electron chi connectivity index (χ0n) is 35.3. The molecule has 3 aromatic carbocycles. The molecule has 4 atom stereocenters. The van der Waals surface area contributed by atoms with Crippen LogP contribution in [-0.2, 0) is 19.1 Å². The Labute approximate surface area is 351 Å². The van der Waals surface area contributed by atoms with Crippen LogP contribution in [0.5, 0.6) is 0 Å². The van der Waals surface area contributed by atoms with E-state index in [4.69, 9.17) is 19.4 Å². The molecule has 14 nitrogen and oxygen atoms in total. The SMILES string of the molecule is COC(=O)NC(C(=O)N1CCCC1c1ncc(-c2ccc(-c3ccc4c(ccc5[nH]c(C6C[Si](C)(C)CN6C(=O)C(NC(=O)OC)C6CCCC6)nc54)c3)cc2)[nH]1)C(C)C. The number of amides is 4. The second kappa shape index (κ2) is 16.7. The summed E-state index contributed by atoms with van der Waals surface area (Å²) in [7, 11) is 0.855. The van der Waals surface area contributed by atoms with Gasteiger partial charge in [-0.2, -0.15) is 0 Å². The van der Waals surface area contributed by atoms with Gasteiger partial charge in [0.15, 0.2) is 0 Å². The largest absolute Gasteiger partial charge is 0.453 e. The van der Waals surface area contributed by atoms with E-state index in [1.165, 1.54) is 14.2 Å². The minimum atomic E-state index is -1.78. The standard InChI is InChI=1S/C45H56N8O6Si/c1-26(2)37(50-44(56)58-3)42(54)52-21-9-12-35(52)40-46-23-34(48-40)28-15-13-27(14-16-28)30-17-19-32-31(22-30)18-20-33-39(32)49-41(47-33)36-24-60(5,6)25-53(36)43(55)38(51-45(57)59-4)29-10-7-8-11-29/h13-20,22-23,26,29,35-38H,7-12,21,24-25H2,1-6H3,(H,46,48)(H,47,49)(H,50,56)(H,51,57). The number of hydrogen-bond acceptors (Lipinski definition) is 8. The van der Waals surface area contributed by atoms with Crippen molar-refractivity contribution in [1.82, 2.24) is 40.4 Å². The number of ether oxygens (including phenoxy) is 2. The predicted molar refractivity (Wildman–Crippen MR) is 233 cm³/mol. The molecule has 0 spiro atoms. The molecule has 3 aliphatic rings. The molecule has 4 amide bonds. The number of imidazole rings is 2. The van der Waals surface area contributed by atoms with Crippen LogP contribution in [-0.4, -0.2) is 101 Å². The van der Waals surface area contributed by atoms with E-state index in [0.29, 0.717) is 12.7 Å². The van der Waals surface area contributed by atoms with Gasteiger partial charge in [-0.05, 0) is 77.8 Å². The van der Waals surface area contributed by atoms with Crippen molar-refractivity contribution < 1.29 is 28.7 Å². The Morgan fingerprint density at radius 2 is 1.48 bits per heavy atom. The number of methoxy groups -OCH3 is 2. The lowest BCUT2D eigenvalue weighted by molar-refractivity contribution is -0.136. The van der Waals surface area contributed by atoms with Gasteiger partial charge in [-0.15, -0.1) is 0 Å². The third-order valence-electron chi connectivity index (χ3n) is 12.8. The zero-order chi connectivity index (χ0) is 42.3. The number of likely N-dealkylation sites (tertiary alicyclic amines) is 1. The van der Waals surface area contributed by atoms with E-state index in [9.17, 15) is 19.2 Å². The van der Waals surface area contributed by atoms with E-state index in [0.717, 1.165) is 100 Å². The minimum Gasteiger partial charge on any atom is -0.453 e. The molecule has 5 aromatic rings. The second-order valence-corrected chi connectivity index (χ2v) is 22.9. The molecule has 1 saturated carbocycles. The lowest BCUT2D eigenvalue weighted by Gasteiger charge is -2.31. The molecule has 2 saturated heterocycles. The summed E-state index contributed by atoms with van der Waals surface area (Å²) < 4.78 is 9.71. The number of hydrogen-bond donors (Lipinski definition) is 4. The van der Waals surface area contributed by atoms with Gasteiger partial charge in [0.05, 0.1) is 57.3 Å². The molecular weight excluding hydrogens is 777 g/mol. The number of fused-ring (bicyclic) bond motifs is 3. The maximum Gasteiger partial charge on any atom is 0.407 e. The first kappa shape index (κ1) is 41.0. The van der Waals surface area contributed by atoms with Crippen LogP contribution in [0.2, 0.25) is 19.1 Å². The summed E-state index contributed by atoms with van der Waals surface area (Å²) in [5.41, 5.74) is 5.79. The summed E-state index contributed by atoms with van der Waals surface area (Å²) >= 11 is 0. The molecule has 15 heteroatoms. The Hall–Kier alpha value is -5.70. The van der Waals surface area contributed by atoms with Crippen LogP contribution < -0.4 is 10.6 Å². The molecule has 0 radical (unpaired) electrons. The van der Waals surface area contributed by atoms with Gasteiger partial charge >= 0.3 is 12.2 Å². The minimum absolute atomic E-state index is 0.0390. The summed E-state index contributed by atoms with van der Waals surface area (Å²) in [6.45, 7) is 9.03. The topological polar surface area (TPSA) is 175 Å². The number of carbonyl (C=O) groups excluding carboxylic acids is 4. The first-order valence-electron chi connectivity index (χ1n) is 21.2. The van der Waals surface area contributed by atoms with Crippen LogP contribution in [0.15, 0.2) is 60.8 Å². The second-order valence-electron chi connectivity index (χ2n) is 17.8. The van der Waals surface area contributed by atoms with E-state index >= 15 is 0 Å². The number of aromatic nitrogens is 4. The third kappa shape index (κ3) is 8.11. The molecule has 4 N–H and O–H groups in total. The fourth-order valence-corrected chi connectivity index (χ4v) is 12.5. The van der Waals surface area contributed by atoms with E-state index in [-0.39, 0.29) is 35.7 Å². The van der Waals surface area contributed by atoms with Gasteiger partial charge in [-0.25, -0.2) is 19.6 Å². The highest BCUT2D eigenvalue weighted by Gasteiger charge is 2.47. The molecule has 316 valence electrons. The van der Waals surface area contributed by atoms with Gasteiger partial charge in [0.25, 0.3) is 0 Å². The van der Waals surface area contributed by atoms with Crippen LogP contribution in [0.4, 0.5) is 9.59 Å². The normalized spacial score (nSPS) is 20.2. The summed E-state index contributed by atoms with van der Waals surface area (Å²) in [6.07, 6.45) is 6.90. The van der Waals surface area contributed by atoms with Gasteiger partial charge in [0.2, 0.25) is 11.8 Å². The van der Waals surface area contributed by atoms with Crippen LogP contribution in [0, 0.1) is 11.8 Å². The zero-order valence-corrected chi connectivity index (χ0v) is 36.3. The van der Waals surface area contributed by atoms with Gasteiger partial charge in [0, 0.05) is 18.1 Å². The summed E-state index contributed by atoms with van der Waals surface area (Å²) in [5.74, 6) is 1.33. The highest BCUT2D eigenvalue weighted by molar-refractivity contribution is 6.78. The molecule has 3 fully saturated rings. The smallest absolute Gasteiger partial charge is 0.407 e. The van der Waals surface area contributed by atoms with Crippen LogP contribution in [0.1, 0.15) is 76.1 Å². The van der Waals surface area contributed by atoms with Crippen molar-refractivity contribution in [3.8, 4) is 22.4 Å². The Morgan fingerprint density at radius 3 is 2.20 bits per heavy atom. The lowest BCUT2D eigenvalue weighted by atomic mass is 9.96. The van der Waals surface area contributed by atoms with Crippen molar-refractivity contribution >= 4 is 53.9 Å². The number of benzene rings is 3. The van der Waals surface area contributed by atoms with Crippen molar-refractivity contribution in [1.29, 1.82) is 0 Å². The van der Waals surface area contributed by atoms with Crippen LogP contribution in [0.3, 0.4) is 0 Å². The first-order valence-corrected chi connectivity index (χ1v) is 24.6. The molecular formula is C45H56N8O6Si. The Morgan fingerprint density at radius 1 is 0.783 bits per heavy atom. The van der Waals surface area contributed by atoms with Crippen molar-refractivity contribution in [3.63, 3.8) is 0 Å². The van der Waals surface area contributed by atoms with Crippen molar-refractivity contribution in [2.45, 2.75) is 95.7 Å². The molecule has 60 heavy (non-hydrogen) atoms. The van der Waals surface area contributed by atoms with Gasteiger partial charge < -0.3 is 39.9 Å². The number of carbonyl (C=O) groups is 4. The highest BCUT2D eigenvalue weighted by atomic mass is 28.3. The van der Waals surface area contributed by atoms with E-state index in [1.54, 1.807) is 0 Å². The Kier molecular flexibility index (Phi) is 11.5. The molecule has 4 unspecified atom stereocenters. The Balaban J connectivity index is 0.999. The molecule has 2 aliphatic heterocycles.